The van der Waals surface area contributed by atoms with Gasteiger partial charge in [-0.15, -0.1) is 0 Å². The van der Waals surface area contributed by atoms with Crippen molar-refractivity contribution >= 4 is 21.6 Å². The number of nitrogens with zero attached hydrogens (tertiary/aromatic N) is 2. The maximum atomic E-state index is 12.2. The van der Waals surface area contributed by atoms with Crippen molar-refractivity contribution in [2.24, 2.45) is 0 Å². The van der Waals surface area contributed by atoms with E-state index in [1.54, 1.807) is 24.3 Å². The van der Waals surface area contributed by atoms with E-state index in [4.69, 9.17) is 9.47 Å². The Balaban J connectivity index is 1.48. The zero-order valence-corrected chi connectivity index (χ0v) is 18.7. The van der Waals surface area contributed by atoms with E-state index in [0.717, 1.165) is 44.7 Å². The highest BCUT2D eigenvalue weighted by atomic mass is 32.2. The molecule has 1 fully saturated rings. The predicted molar refractivity (Wildman–Crippen MR) is 120 cm³/mol. The molecule has 1 saturated heterocycles. The summed E-state index contributed by atoms with van der Waals surface area (Å²) in [5, 5.41) is 2.90. The largest absolute Gasteiger partial charge is 0.484 e. The summed E-state index contributed by atoms with van der Waals surface area (Å²) in [7, 11) is -1.84. The number of ether oxygens (including phenoxy) is 2. The van der Waals surface area contributed by atoms with Gasteiger partial charge in [0.05, 0.1) is 25.2 Å². The molecule has 0 aliphatic carbocycles. The van der Waals surface area contributed by atoms with Crippen molar-refractivity contribution in [2.45, 2.75) is 13.1 Å². The first-order valence-corrected chi connectivity index (χ1v) is 12.0. The number of hydrogen-bond acceptors (Lipinski definition) is 6. The minimum atomic E-state index is -3.32. The maximum absolute atomic E-state index is 12.2. The van der Waals surface area contributed by atoms with Gasteiger partial charge in [-0.25, -0.2) is 8.42 Å². The predicted octanol–water partition coefficient (Wildman–Crippen LogP) is 1.61. The highest BCUT2D eigenvalue weighted by molar-refractivity contribution is 7.92. The molecule has 8 nitrogen and oxygen atoms in total. The van der Waals surface area contributed by atoms with Crippen molar-refractivity contribution in [3.05, 3.63) is 59.7 Å². The van der Waals surface area contributed by atoms with Crippen LogP contribution in [0.5, 0.6) is 5.75 Å². The molecule has 1 heterocycles. The molecule has 168 valence electrons. The van der Waals surface area contributed by atoms with Gasteiger partial charge in [-0.05, 0) is 35.4 Å². The number of hydrogen-bond donors (Lipinski definition) is 1. The number of carbonyl (C=O) groups is 1. The van der Waals surface area contributed by atoms with Crippen molar-refractivity contribution in [2.75, 3.05) is 50.5 Å². The Morgan fingerprint density at radius 2 is 1.74 bits per heavy atom. The fraction of sp³-hybridized carbons (Fsp3) is 0.409. The van der Waals surface area contributed by atoms with Crippen LogP contribution in [0.2, 0.25) is 0 Å². The Morgan fingerprint density at radius 3 is 2.39 bits per heavy atom. The van der Waals surface area contributed by atoms with Crippen LogP contribution in [0.1, 0.15) is 11.1 Å². The van der Waals surface area contributed by atoms with Gasteiger partial charge in [0, 0.05) is 33.2 Å². The number of rotatable bonds is 9. The molecule has 0 spiro atoms. The second-order valence-electron chi connectivity index (χ2n) is 7.45. The number of sulfonamides is 1. The lowest BCUT2D eigenvalue weighted by molar-refractivity contribution is -0.123. The van der Waals surface area contributed by atoms with Gasteiger partial charge in [-0.2, -0.15) is 0 Å². The first-order valence-electron chi connectivity index (χ1n) is 10.1. The first-order chi connectivity index (χ1) is 14.8. The number of anilines is 1. The van der Waals surface area contributed by atoms with Crippen LogP contribution in [0.25, 0.3) is 0 Å². The third-order valence-corrected chi connectivity index (χ3v) is 6.37. The van der Waals surface area contributed by atoms with Crippen molar-refractivity contribution < 1.29 is 22.7 Å². The average Bonchev–Trinajstić information content (AvgIpc) is 2.77. The summed E-state index contributed by atoms with van der Waals surface area (Å²) in [6.45, 7) is 4.47. The Morgan fingerprint density at radius 1 is 1.10 bits per heavy atom. The van der Waals surface area contributed by atoms with Gasteiger partial charge in [-0.3, -0.25) is 14.0 Å². The van der Waals surface area contributed by atoms with Crippen LogP contribution in [0.4, 0.5) is 5.69 Å². The van der Waals surface area contributed by atoms with E-state index in [-0.39, 0.29) is 12.5 Å². The fourth-order valence-electron chi connectivity index (χ4n) is 3.22. The molecule has 9 heteroatoms. The van der Waals surface area contributed by atoms with Crippen LogP contribution in [0, 0.1) is 0 Å². The van der Waals surface area contributed by atoms with Crippen LogP contribution in [-0.4, -0.2) is 65.4 Å². The minimum absolute atomic E-state index is 0.118. The maximum Gasteiger partial charge on any atom is 0.258 e. The van der Waals surface area contributed by atoms with Gasteiger partial charge >= 0.3 is 0 Å². The second kappa shape index (κ2) is 10.6. The number of nitrogens with one attached hydrogen (secondary N) is 1. The molecule has 3 rings (SSSR count). The summed E-state index contributed by atoms with van der Waals surface area (Å²) in [5.74, 6) is 0.270. The normalized spacial score (nSPS) is 14.8. The molecule has 0 saturated carbocycles. The summed E-state index contributed by atoms with van der Waals surface area (Å²) in [4.78, 5) is 14.6. The van der Waals surface area contributed by atoms with Crippen molar-refractivity contribution in [3.8, 4) is 5.75 Å². The van der Waals surface area contributed by atoms with Crippen LogP contribution in [0.15, 0.2) is 48.5 Å². The molecule has 0 aromatic heterocycles. The lowest BCUT2D eigenvalue weighted by atomic mass is 10.1. The molecule has 0 unspecified atom stereocenters. The van der Waals surface area contributed by atoms with Crippen molar-refractivity contribution in [1.29, 1.82) is 0 Å². The monoisotopic (exact) mass is 447 g/mol. The highest BCUT2D eigenvalue weighted by Gasteiger charge is 2.14. The second-order valence-corrected chi connectivity index (χ2v) is 9.46. The molecule has 2 aromatic carbocycles. The summed E-state index contributed by atoms with van der Waals surface area (Å²) < 4.78 is 35.3. The third kappa shape index (κ3) is 6.95. The molecule has 31 heavy (non-hydrogen) atoms. The van der Waals surface area contributed by atoms with E-state index >= 15 is 0 Å². The Bertz CT molecular complexity index is 973. The molecule has 1 amide bonds. The topological polar surface area (TPSA) is 88.2 Å². The fourth-order valence-corrected chi connectivity index (χ4v) is 3.73. The Kier molecular flexibility index (Phi) is 7.89. The molecule has 2 aromatic rings. The molecule has 0 radical (unpaired) electrons. The highest BCUT2D eigenvalue weighted by Crippen LogP contribution is 2.20. The van der Waals surface area contributed by atoms with E-state index in [1.165, 1.54) is 16.9 Å². The average molecular weight is 448 g/mol. The zero-order valence-electron chi connectivity index (χ0n) is 17.9. The van der Waals surface area contributed by atoms with Crippen molar-refractivity contribution in [1.82, 2.24) is 10.2 Å². The van der Waals surface area contributed by atoms with Gasteiger partial charge in [0.2, 0.25) is 10.0 Å². The van der Waals surface area contributed by atoms with Crippen LogP contribution >= 0.6 is 0 Å². The molecule has 0 bridgehead atoms. The van der Waals surface area contributed by atoms with Gasteiger partial charge in [-0.1, -0.05) is 24.3 Å². The lowest BCUT2D eigenvalue weighted by Gasteiger charge is -2.27. The minimum Gasteiger partial charge on any atom is -0.484 e. The third-order valence-electron chi connectivity index (χ3n) is 5.16. The van der Waals surface area contributed by atoms with Gasteiger partial charge in [0.1, 0.15) is 5.75 Å². The summed E-state index contributed by atoms with van der Waals surface area (Å²) in [5.41, 5.74) is 2.79. The zero-order chi connectivity index (χ0) is 22.3. The summed E-state index contributed by atoms with van der Waals surface area (Å²) in [6.07, 6.45) is 1.14. The number of morpholine rings is 1. The molecular formula is C22H29N3O5S. The van der Waals surface area contributed by atoms with Crippen LogP contribution in [0.3, 0.4) is 0 Å². The van der Waals surface area contributed by atoms with E-state index in [0.29, 0.717) is 18.0 Å². The molecular weight excluding hydrogens is 418 g/mol. The SMILES string of the molecule is CN(c1ccc(OCC(=O)NCc2ccccc2CN2CCOCC2)cc1)S(C)(=O)=O. The first kappa shape index (κ1) is 23.1. The van der Waals surface area contributed by atoms with Crippen LogP contribution < -0.4 is 14.4 Å². The smallest absolute Gasteiger partial charge is 0.258 e. The van der Waals surface area contributed by atoms with E-state index in [1.807, 2.05) is 18.2 Å². The Hall–Kier alpha value is -2.62. The summed E-state index contributed by atoms with van der Waals surface area (Å²) >= 11 is 0. The number of benzene rings is 2. The summed E-state index contributed by atoms with van der Waals surface area (Å²) in [6, 6.07) is 14.6. The van der Waals surface area contributed by atoms with Gasteiger partial charge < -0.3 is 14.8 Å². The quantitative estimate of drug-likeness (QED) is 0.628. The molecule has 0 atom stereocenters. The molecule has 1 aliphatic heterocycles. The van der Waals surface area contributed by atoms with Crippen molar-refractivity contribution in [3.63, 3.8) is 0 Å². The van der Waals surface area contributed by atoms with Gasteiger partial charge in [0.15, 0.2) is 6.61 Å². The van der Waals surface area contributed by atoms with E-state index in [9.17, 15) is 13.2 Å². The van der Waals surface area contributed by atoms with E-state index < -0.39 is 10.0 Å². The standard InChI is InChI=1S/C22H29N3O5S/c1-24(31(2,27)28)20-7-9-21(10-8-20)30-17-22(26)23-15-18-5-3-4-6-19(18)16-25-11-13-29-14-12-25/h3-10H,11-17H2,1-2H3,(H,23,26). The molecule has 1 N–H and O–H groups in total. The Labute approximate surface area is 183 Å². The number of amides is 1. The number of carbonyl (C=O) groups excluding carboxylic acids is 1. The van der Waals surface area contributed by atoms with Gasteiger partial charge in [0.25, 0.3) is 5.91 Å². The van der Waals surface area contributed by atoms with Crippen LogP contribution in [-0.2, 0) is 32.6 Å². The lowest BCUT2D eigenvalue weighted by Crippen LogP contribution is -2.36. The van der Waals surface area contributed by atoms with E-state index in [2.05, 4.69) is 16.3 Å². The molecule has 1 aliphatic rings.